The van der Waals surface area contributed by atoms with Gasteiger partial charge in [0, 0.05) is 18.2 Å². The maximum absolute atomic E-state index is 14.7. The van der Waals surface area contributed by atoms with Gasteiger partial charge in [-0.1, -0.05) is 48.9 Å². The highest BCUT2D eigenvalue weighted by Crippen LogP contribution is 2.27. The van der Waals surface area contributed by atoms with Crippen LogP contribution in [0.3, 0.4) is 0 Å². The fraction of sp³-hybridized carbons (Fsp3) is 0.355. The Labute approximate surface area is 237 Å². The first-order valence-electron chi connectivity index (χ1n) is 13.3. The van der Waals surface area contributed by atoms with E-state index in [9.17, 15) is 22.4 Å². The Morgan fingerprint density at radius 3 is 2.17 bits per heavy atom. The number of aryl methyl sites for hydroxylation is 3. The molecule has 2 atom stereocenters. The summed E-state index contributed by atoms with van der Waals surface area (Å²) in [6.45, 7) is 10.2. The molecule has 0 spiro atoms. The van der Waals surface area contributed by atoms with E-state index in [1.54, 1.807) is 55.5 Å². The standard InChI is InChI=1S/C31H38FN3O4S/c1-7-24(5)33-31(37)25(6)34(19-26-10-8-9-11-29(26)32)30(36)20-35(27-15-14-22(3)23(4)18-27)40(38,39)28-16-12-21(2)13-17-28/h8-18,24-25H,7,19-20H2,1-6H3,(H,33,37)/t24-,25+/m0/s1. The van der Waals surface area contributed by atoms with Crippen LogP contribution in [0.4, 0.5) is 10.1 Å². The second-order valence-corrected chi connectivity index (χ2v) is 12.1. The molecule has 0 saturated heterocycles. The summed E-state index contributed by atoms with van der Waals surface area (Å²) in [5.41, 5.74) is 3.26. The lowest BCUT2D eigenvalue weighted by Gasteiger charge is -2.32. The average molecular weight is 568 g/mol. The summed E-state index contributed by atoms with van der Waals surface area (Å²) in [5, 5.41) is 2.87. The average Bonchev–Trinajstić information content (AvgIpc) is 2.92. The SMILES string of the molecule is CC[C@H](C)NC(=O)[C@@H](C)N(Cc1ccccc1F)C(=O)CN(c1ccc(C)c(C)c1)S(=O)(=O)c1ccc(C)cc1. The van der Waals surface area contributed by atoms with Crippen LogP contribution in [0.2, 0.25) is 0 Å². The Morgan fingerprint density at radius 2 is 1.57 bits per heavy atom. The van der Waals surface area contributed by atoms with E-state index >= 15 is 0 Å². The maximum atomic E-state index is 14.7. The van der Waals surface area contributed by atoms with Crippen molar-refractivity contribution < 1.29 is 22.4 Å². The maximum Gasteiger partial charge on any atom is 0.264 e. The molecule has 0 bridgehead atoms. The Hall–Kier alpha value is -3.72. The number of benzene rings is 3. The smallest absolute Gasteiger partial charge is 0.264 e. The molecule has 3 aromatic carbocycles. The third-order valence-electron chi connectivity index (χ3n) is 7.13. The summed E-state index contributed by atoms with van der Waals surface area (Å²) in [6, 6.07) is 16.5. The molecule has 0 saturated carbocycles. The van der Waals surface area contributed by atoms with Crippen LogP contribution < -0.4 is 9.62 Å². The molecular weight excluding hydrogens is 529 g/mol. The van der Waals surface area contributed by atoms with Gasteiger partial charge in [0.15, 0.2) is 0 Å². The van der Waals surface area contributed by atoms with E-state index in [2.05, 4.69) is 5.32 Å². The summed E-state index contributed by atoms with van der Waals surface area (Å²) >= 11 is 0. The number of nitrogens with zero attached hydrogens (tertiary/aromatic N) is 2. The van der Waals surface area contributed by atoms with Gasteiger partial charge in [-0.25, -0.2) is 12.8 Å². The van der Waals surface area contributed by atoms with Crippen LogP contribution in [-0.4, -0.2) is 43.8 Å². The largest absolute Gasteiger partial charge is 0.352 e. The van der Waals surface area contributed by atoms with E-state index in [0.29, 0.717) is 12.1 Å². The third kappa shape index (κ3) is 7.27. The van der Waals surface area contributed by atoms with Crippen molar-refractivity contribution in [3.8, 4) is 0 Å². The highest BCUT2D eigenvalue weighted by molar-refractivity contribution is 7.92. The fourth-order valence-corrected chi connectivity index (χ4v) is 5.51. The quantitative estimate of drug-likeness (QED) is 0.342. The van der Waals surface area contributed by atoms with Gasteiger partial charge >= 0.3 is 0 Å². The van der Waals surface area contributed by atoms with Crippen molar-refractivity contribution in [1.29, 1.82) is 0 Å². The van der Waals surface area contributed by atoms with E-state index < -0.39 is 40.2 Å². The normalized spacial score (nSPS) is 12.9. The number of halogens is 1. The van der Waals surface area contributed by atoms with Crippen molar-refractivity contribution in [3.63, 3.8) is 0 Å². The van der Waals surface area contributed by atoms with E-state index in [4.69, 9.17) is 0 Å². The molecule has 0 aliphatic carbocycles. The van der Waals surface area contributed by atoms with Crippen molar-refractivity contribution in [2.75, 3.05) is 10.8 Å². The number of hydrogen-bond acceptors (Lipinski definition) is 4. The van der Waals surface area contributed by atoms with Gasteiger partial charge in [0.1, 0.15) is 18.4 Å². The first-order chi connectivity index (χ1) is 18.8. The molecule has 1 N–H and O–H groups in total. The molecule has 0 radical (unpaired) electrons. The van der Waals surface area contributed by atoms with Crippen molar-refractivity contribution in [1.82, 2.24) is 10.2 Å². The molecule has 0 unspecified atom stereocenters. The van der Waals surface area contributed by atoms with E-state index in [0.717, 1.165) is 21.0 Å². The number of nitrogens with one attached hydrogen (secondary N) is 1. The summed E-state index contributed by atoms with van der Waals surface area (Å²) in [7, 11) is -4.17. The van der Waals surface area contributed by atoms with Crippen molar-refractivity contribution in [3.05, 3.63) is 94.8 Å². The van der Waals surface area contributed by atoms with Crippen LogP contribution in [0.5, 0.6) is 0 Å². The minimum atomic E-state index is -4.17. The number of hydrogen-bond donors (Lipinski definition) is 1. The summed E-state index contributed by atoms with van der Waals surface area (Å²) < 4.78 is 43.5. The molecule has 3 aromatic rings. The van der Waals surface area contributed by atoms with Gasteiger partial charge in [0.25, 0.3) is 10.0 Å². The lowest BCUT2D eigenvalue weighted by molar-refractivity contribution is -0.139. The van der Waals surface area contributed by atoms with Gasteiger partial charge in [-0.15, -0.1) is 0 Å². The van der Waals surface area contributed by atoms with E-state index in [1.807, 2.05) is 34.6 Å². The zero-order valence-corrected chi connectivity index (χ0v) is 24.8. The number of anilines is 1. The second-order valence-electron chi connectivity index (χ2n) is 10.2. The summed E-state index contributed by atoms with van der Waals surface area (Å²) in [6.07, 6.45) is 0.690. The molecule has 0 aliphatic heterocycles. The Kier molecular flexibility index (Phi) is 10.1. The summed E-state index contributed by atoms with van der Waals surface area (Å²) in [4.78, 5) is 28.3. The Balaban J connectivity index is 2.06. The Bertz CT molecular complexity index is 1460. The first-order valence-corrected chi connectivity index (χ1v) is 14.8. The van der Waals surface area contributed by atoms with Crippen LogP contribution in [0.15, 0.2) is 71.6 Å². The highest BCUT2D eigenvalue weighted by Gasteiger charge is 2.33. The third-order valence-corrected chi connectivity index (χ3v) is 8.92. The molecule has 0 heterocycles. The predicted octanol–water partition coefficient (Wildman–Crippen LogP) is 5.28. The van der Waals surface area contributed by atoms with Crippen LogP contribution in [0, 0.1) is 26.6 Å². The second kappa shape index (κ2) is 13.1. The van der Waals surface area contributed by atoms with Crippen LogP contribution in [0.1, 0.15) is 49.4 Å². The zero-order valence-electron chi connectivity index (χ0n) is 23.9. The first kappa shape index (κ1) is 30.8. The minimum absolute atomic E-state index is 0.0346. The predicted molar refractivity (Wildman–Crippen MR) is 156 cm³/mol. The molecule has 3 rings (SSSR count). The van der Waals surface area contributed by atoms with Crippen molar-refractivity contribution in [2.24, 2.45) is 0 Å². The van der Waals surface area contributed by atoms with Crippen LogP contribution >= 0.6 is 0 Å². The van der Waals surface area contributed by atoms with E-state index in [1.165, 1.54) is 23.1 Å². The number of amides is 2. The number of carbonyl (C=O) groups excluding carboxylic acids is 2. The lowest BCUT2D eigenvalue weighted by atomic mass is 10.1. The van der Waals surface area contributed by atoms with Gasteiger partial charge in [0.2, 0.25) is 11.8 Å². The minimum Gasteiger partial charge on any atom is -0.352 e. The zero-order chi connectivity index (χ0) is 29.6. The molecule has 2 amide bonds. The van der Waals surface area contributed by atoms with Gasteiger partial charge < -0.3 is 10.2 Å². The molecule has 40 heavy (non-hydrogen) atoms. The van der Waals surface area contributed by atoms with Gasteiger partial charge in [0.05, 0.1) is 10.6 Å². The number of rotatable bonds is 11. The highest BCUT2D eigenvalue weighted by atomic mass is 32.2. The molecule has 0 aliphatic rings. The fourth-order valence-electron chi connectivity index (χ4n) is 4.11. The van der Waals surface area contributed by atoms with Gasteiger partial charge in [-0.05, 0) is 82.5 Å². The number of sulfonamides is 1. The molecule has 0 fully saturated rings. The lowest BCUT2D eigenvalue weighted by Crippen LogP contribution is -2.52. The molecule has 7 nitrogen and oxygen atoms in total. The van der Waals surface area contributed by atoms with Gasteiger partial charge in [-0.3, -0.25) is 13.9 Å². The summed E-state index contributed by atoms with van der Waals surface area (Å²) in [5.74, 6) is -1.56. The van der Waals surface area contributed by atoms with E-state index in [-0.39, 0.29) is 23.0 Å². The molecule has 214 valence electrons. The monoisotopic (exact) mass is 567 g/mol. The Morgan fingerprint density at radius 1 is 0.925 bits per heavy atom. The molecular formula is C31H38FN3O4S. The number of carbonyl (C=O) groups is 2. The van der Waals surface area contributed by atoms with Crippen molar-refractivity contribution >= 4 is 27.5 Å². The molecule has 9 heteroatoms. The van der Waals surface area contributed by atoms with Crippen molar-refractivity contribution in [2.45, 2.75) is 71.5 Å². The van der Waals surface area contributed by atoms with Crippen LogP contribution in [-0.2, 0) is 26.2 Å². The van der Waals surface area contributed by atoms with Gasteiger partial charge in [-0.2, -0.15) is 0 Å². The topological polar surface area (TPSA) is 86.8 Å². The molecule has 0 aromatic heterocycles. The van der Waals surface area contributed by atoms with Crippen LogP contribution in [0.25, 0.3) is 0 Å².